The average Bonchev–Trinajstić information content (AvgIpc) is 2.52. The number of carbonyl (C=O) groups is 1. The molecule has 0 radical (unpaired) electrons. The lowest BCUT2D eigenvalue weighted by Crippen LogP contribution is -2.58. The molecule has 1 aromatic rings. The lowest BCUT2D eigenvalue weighted by Gasteiger charge is -2.62. The molecule has 24 heavy (non-hydrogen) atoms. The summed E-state index contributed by atoms with van der Waals surface area (Å²) in [4.78, 5) is 23.2. The number of hydrogen-bond acceptors (Lipinski definition) is 4. The summed E-state index contributed by atoms with van der Waals surface area (Å²) in [5.74, 6) is 1.60. The van der Waals surface area contributed by atoms with Crippen molar-refractivity contribution in [1.29, 1.82) is 0 Å². The fourth-order valence-electron chi connectivity index (χ4n) is 4.48. The minimum Gasteiger partial charge on any atom is -0.380 e. The zero-order valence-corrected chi connectivity index (χ0v) is 16.0. The van der Waals surface area contributed by atoms with Crippen molar-refractivity contribution in [3.63, 3.8) is 0 Å². The molecule has 1 amide bonds. The number of halogens is 1. The maximum atomic E-state index is 12.4. The van der Waals surface area contributed by atoms with Crippen LogP contribution < -0.4 is 16.6 Å². The summed E-state index contributed by atoms with van der Waals surface area (Å²) in [6, 6.07) is 0.362. The second-order valence-corrected chi connectivity index (χ2v) is 8.62. The largest absolute Gasteiger partial charge is 0.380 e. The van der Waals surface area contributed by atoms with E-state index in [1.54, 1.807) is 6.20 Å². The minimum atomic E-state index is -0.445. The topological polar surface area (TPSA) is 90.0 Å². The number of anilines is 1. The van der Waals surface area contributed by atoms with Crippen LogP contribution in [0.2, 0.25) is 0 Å². The van der Waals surface area contributed by atoms with E-state index in [4.69, 9.17) is 5.73 Å². The second kappa shape index (κ2) is 6.17. The first-order valence-electron chi connectivity index (χ1n) is 8.52. The molecule has 0 aliphatic heterocycles. The van der Waals surface area contributed by atoms with Gasteiger partial charge in [0.15, 0.2) is 0 Å². The standard InChI is InChI=1S/C17H25BrN4O2/c1-9-11-6-10(17(11,2)3)7-12(9)21-13-8-20-22(5-4-14(19)23)16(24)15(13)18/h8-12,21H,4-7H2,1-3H3,(H2,19,23)/t9-,10+,11-,12-/m1/s1. The molecule has 3 aliphatic carbocycles. The number of fused-ring (bicyclic) bond motifs is 2. The summed E-state index contributed by atoms with van der Waals surface area (Å²) in [5.41, 5.74) is 6.05. The molecule has 3 saturated carbocycles. The van der Waals surface area contributed by atoms with E-state index < -0.39 is 5.91 Å². The molecule has 2 bridgehead atoms. The van der Waals surface area contributed by atoms with E-state index in [9.17, 15) is 9.59 Å². The number of nitrogens with zero attached hydrogens (tertiary/aromatic N) is 2. The third kappa shape index (κ3) is 2.87. The van der Waals surface area contributed by atoms with Gasteiger partial charge in [-0.3, -0.25) is 9.59 Å². The summed E-state index contributed by atoms with van der Waals surface area (Å²) >= 11 is 3.38. The van der Waals surface area contributed by atoms with Gasteiger partial charge in [0.25, 0.3) is 5.56 Å². The summed E-state index contributed by atoms with van der Waals surface area (Å²) in [7, 11) is 0. The van der Waals surface area contributed by atoms with Gasteiger partial charge in [-0.15, -0.1) is 0 Å². The van der Waals surface area contributed by atoms with Crippen LogP contribution in [-0.2, 0) is 11.3 Å². The number of nitrogens with one attached hydrogen (secondary N) is 1. The lowest BCUT2D eigenvalue weighted by molar-refractivity contribution is -0.118. The molecule has 7 heteroatoms. The van der Waals surface area contributed by atoms with E-state index in [1.165, 1.54) is 11.1 Å². The van der Waals surface area contributed by atoms with Crippen molar-refractivity contribution in [2.24, 2.45) is 28.9 Å². The van der Waals surface area contributed by atoms with Crippen molar-refractivity contribution in [2.45, 2.75) is 52.6 Å². The lowest BCUT2D eigenvalue weighted by atomic mass is 9.45. The molecule has 0 saturated heterocycles. The SMILES string of the molecule is C[C@@H]1[C@H]2C[C@@H](C[C@H]1Nc1cnn(CCC(N)=O)c(=O)c1Br)C2(C)C. The quantitative estimate of drug-likeness (QED) is 0.798. The van der Waals surface area contributed by atoms with E-state index in [1.807, 2.05) is 0 Å². The fraction of sp³-hybridized carbons (Fsp3) is 0.706. The Bertz CT molecular complexity index is 715. The van der Waals surface area contributed by atoms with E-state index in [2.05, 4.69) is 47.1 Å². The zero-order valence-electron chi connectivity index (χ0n) is 14.4. The van der Waals surface area contributed by atoms with Crippen molar-refractivity contribution >= 4 is 27.5 Å². The van der Waals surface area contributed by atoms with Gasteiger partial charge >= 0.3 is 0 Å². The van der Waals surface area contributed by atoms with Crippen LogP contribution in [0.15, 0.2) is 15.5 Å². The number of rotatable bonds is 5. The predicted molar refractivity (Wildman–Crippen MR) is 96.6 cm³/mol. The van der Waals surface area contributed by atoms with Crippen molar-refractivity contribution in [3.05, 3.63) is 21.0 Å². The highest BCUT2D eigenvalue weighted by Crippen LogP contribution is 2.61. The third-order valence-electron chi connectivity index (χ3n) is 6.25. The minimum absolute atomic E-state index is 0.101. The third-order valence-corrected chi connectivity index (χ3v) is 7.02. The van der Waals surface area contributed by atoms with E-state index in [-0.39, 0.29) is 18.5 Å². The monoisotopic (exact) mass is 396 g/mol. The molecule has 3 aliphatic rings. The van der Waals surface area contributed by atoms with Gasteiger partial charge in [0.1, 0.15) is 4.47 Å². The highest BCUT2D eigenvalue weighted by atomic mass is 79.9. The summed E-state index contributed by atoms with van der Waals surface area (Å²) in [6.45, 7) is 7.24. The van der Waals surface area contributed by atoms with Gasteiger partial charge in [0.2, 0.25) is 5.91 Å². The fourth-order valence-corrected chi connectivity index (χ4v) is 4.90. The Morgan fingerprint density at radius 2 is 2.21 bits per heavy atom. The molecule has 1 aromatic heterocycles. The van der Waals surface area contributed by atoms with Gasteiger partial charge < -0.3 is 11.1 Å². The van der Waals surface area contributed by atoms with Gasteiger partial charge in [0.05, 0.1) is 18.4 Å². The number of aromatic nitrogens is 2. The first kappa shape index (κ1) is 17.5. The number of primary amides is 1. The van der Waals surface area contributed by atoms with Gasteiger partial charge in [-0.2, -0.15) is 5.10 Å². The van der Waals surface area contributed by atoms with Crippen LogP contribution in [0.1, 0.15) is 40.0 Å². The Labute approximate surface area is 150 Å². The van der Waals surface area contributed by atoms with Crippen molar-refractivity contribution in [1.82, 2.24) is 9.78 Å². The van der Waals surface area contributed by atoms with Crippen LogP contribution in [0.5, 0.6) is 0 Å². The molecule has 1 heterocycles. The number of hydrogen-bond donors (Lipinski definition) is 2. The number of amides is 1. The Morgan fingerprint density at radius 1 is 1.50 bits per heavy atom. The number of aryl methyl sites for hydroxylation is 1. The number of carbonyl (C=O) groups excluding carboxylic acids is 1. The molecule has 0 spiro atoms. The Hall–Kier alpha value is -1.37. The number of nitrogens with two attached hydrogens (primary N) is 1. The highest BCUT2D eigenvalue weighted by molar-refractivity contribution is 9.10. The smallest absolute Gasteiger partial charge is 0.283 e. The van der Waals surface area contributed by atoms with E-state index in [0.29, 0.717) is 21.8 Å². The average molecular weight is 397 g/mol. The van der Waals surface area contributed by atoms with Crippen LogP contribution in [-0.4, -0.2) is 21.7 Å². The van der Waals surface area contributed by atoms with Crippen molar-refractivity contribution < 1.29 is 4.79 Å². The summed E-state index contributed by atoms with van der Waals surface area (Å²) in [5, 5.41) is 7.68. The van der Waals surface area contributed by atoms with Crippen LogP contribution in [0.25, 0.3) is 0 Å². The predicted octanol–water partition coefficient (Wildman–Crippen LogP) is 2.36. The van der Waals surface area contributed by atoms with Gasteiger partial charge in [-0.1, -0.05) is 20.8 Å². The van der Waals surface area contributed by atoms with Crippen LogP contribution >= 0.6 is 15.9 Å². The molecule has 132 valence electrons. The maximum absolute atomic E-state index is 12.4. The summed E-state index contributed by atoms with van der Waals surface area (Å²) < 4.78 is 1.73. The Balaban J connectivity index is 1.74. The molecule has 0 unspecified atom stereocenters. The molecular formula is C17H25BrN4O2. The first-order chi connectivity index (χ1) is 11.2. The van der Waals surface area contributed by atoms with Gasteiger partial charge in [-0.25, -0.2) is 4.68 Å². The Morgan fingerprint density at radius 3 is 2.79 bits per heavy atom. The molecule has 4 atom stereocenters. The van der Waals surface area contributed by atoms with Crippen LogP contribution in [0, 0.1) is 23.2 Å². The molecule has 6 nitrogen and oxygen atoms in total. The van der Waals surface area contributed by atoms with Gasteiger partial charge in [0, 0.05) is 12.5 Å². The van der Waals surface area contributed by atoms with Crippen LogP contribution in [0.3, 0.4) is 0 Å². The van der Waals surface area contributed by atoms with E-state index in [0.717, 1.165) is 23.9 Å². The second-order valence-electron chi connectivity index (χ2n) is 7.82. The van der Waals surface area contributed by atoms with Crippen LogP contribution in [0.4, 0.5) is 5.69 Å². The molecule has 4 rings (SSSR count). The Kier molecular flexibility index (Phi) is 4.49. The molecule has 0 aromatic carbocycles. The zero-order chi connectivity index (χ0) is 17.6. The first-order valence-corrected chi connectivity index (χ1v) is 9.31. The maximum Gasteiger partial charge on any atom is 0.283 e. The molecule has 3 fully saturated rings. The van der Waals surface area contributed by atoms with E-state index >= 15 is 0 Å². The van der Waals surface area contributed by atoms with Crippen molar-refractivity contribution in [2.75, 3.05) is 5.32 Å². The van der Waals surface area contributed by atoms with Crippen molar-refractivity contribution in [3.8, 4) is 0 Å². The normalized spacial score (nSPS) is 30.5. The molecule has 3 N–H and O–H groups in total. The molecular weight excluding hydrogens is 372 g/mol. The summed E-state index contributed by atoms with van der Waals surface area (Å²) in [6.07, 6.45) is 4.21. The van der Waals surface area contributed by atoms with Gasteiger partial charge in [-0.05, 0) is 51.9 Å². The highest BCUT2D eigenvalue weighted by Gasteiger charge is 2.56.